The minimum Gasteiger partial charge on any atom is -0.322 e. The van der Waals surface area contributed by atoms with E-state index < -0.39 is 15.9 Å². The summed E-state index contributed by atoms with van der Waals surface area (Å²) < 4.78 is 27.0. The number of halogens is 1. The summed E-state index contributed by atoms with van der Waals surface area (Å²) in [5.41, 5.74) is 1.37. The molecule has 2 N–H and O–H groups in total. The topological polar surface area (TPSA) is 108 Å². The van der Waals surface area contributed by atoms with Crippen molar-refractivity contribution in [2.75, 3.05) is 23.7 Å². The Morgan fingerprint density at radius 2 is 1.55 bits per heavy atom. The fraction of sp³-hybridized carbons (Fsp3) is 0.174. The van der Waals surface area contributed by atoms with Crippen LogP contribution in [-0.2, 0) is 10.0 Å². The molecule has 0 aliphatic carbocycles. The van der Waals surface area contributed by atoms with Gasteiger partial charge in [0.1, 0.15) is 4.90 Å². The van der Waals surface area contributed by atoms with E-state index in [1.54, 1.807) is 50.4 Å². The number of carbonyl (C=O) groups excluding carboxylic acids is 2. The smallest absolute Gasteiger partial charge is 0.257 e. The standard InChI is InChI=1S/C23H23ClN4O4S/c1-3-28(4-2)33(31,32)21-14-19(10-11-20(21)24)27-22(29)16-7-5-9-18(13-16)26-23(30)17-8-6-12-25-15-17/h5-15H,3-4H2,1-2H3,(H,26,30)(H,27,29). The summed E-state index contributed by atoms with van der Waals surface area (Å²) in [6.45, 7) is 4.06. The Balaban J connectivity index is 1.79. The first-order valence-corrected chi connectivity index (χ1v) is 12.0. The molecule has 0 saturated heterocycles. The van der Waals surface area contributed by atoms with Crippen molar-refractivity contribution in [2.45, 2.75) is 18.7 Å². The van der Waals surface area contributed by atoms with Gasteiger partial charge in [0.05, 0.1) is 10.6 Å². The molecule has 0 aliphatic rings. The second-order valence-corrected chi connectivity index (χ2v) is 9.28. The van der Waals surface area contributed by atoms with Gasteiger partial charge >= 0.3 is 0 Å². The first-order chi connectivity index (χ1) is 15.8. The number of sulfonamides is 1. The average Bonchev–Trinajstić information content (AvgIpc) is 2.81. The molecular weight excluding hydrogens is 464 g/mol. The molecule has 0 fully saturated rings. The molecule has 0 radical (unpaired) electrons. The summed E-state index contributed by atoms with van der Waals surface area (Å²) in [7, 11) is -3.80. The second-order valence-electron chi connectivity index (χ2n) is 6.97. The van der Waals surface area contributed by atoms with Gasteiger partial charge in [0.25, 0.3) is 11.8 Å². The van der Waals surface area contributed by atoms with Crippen molar-refractivity contribution in [3.8, 4) is 0 Å². The van der Waals surface area contributed by atoms with Crippen LogP contribution in [0.15, 0.2) is 71.9 Å². The number of benzene rings is 2. The Morgan fingerprint density at radius 1 is 0.909 bits per heavy atom. The van der Waals surface area contributed by atoms with Gasteiger partial charge in [-0.15, -0.1) is 0 Å². The maximum atomic E-state index is 12.9. The monoisotopic (exact) mass is 486 g/mol. The maximum Gasteiger partial charge on any atom is 0.257 e. The maximum absolute atomic E-state index is 12.9. The molecule has 0 atom stereocenters. The molecule has 2 amide bonds. The zero-order chi connectivity index (χ0) is 24.0. The first-order valence-electron chi connectivity index (χ1n) is 10.2. The number of nitrogens with one attached hydrogen (secondary N) is 2. The van der Waals surface area contributed by atoms with E-state index >= 15 is 0 Å². The Labute approximate surface area is 197 Å². The van der Waals surface area contributed by atoms with Crippen LogP contribution in [0.25, 0.3) is 0 Å². The number of anilines is 2. The van der Waals surface area contributed by atoms with Crippen molar-refractivity contribution >= 4 is 44.8 Å². The minimum absolute atomic E-state index is 0.0695. The summed E-state index contributed by atoms with van der Waals surface area (Å²) in [6, 6.07) is 14.0. The van der Waals surface area contributed by atoms with Crippen molar-refractivity contribution in [3.63, 3.8) is 0 Å². The summed E-state index contributed by atoms with van der Waals surface area (Å²) in [5.74, 6) is -0.828. The molecule has 3 rings (SSSR count). The first kappa shape index (κ1) is 24.4. The van der Waals surface area contributed by atoms with Gasteiger partial charge in [-0.05, 0) is 48.5 Å². The molecule has 10 heteroatoms. The molecule has 8 nitrogen and oxygen atoms in total. The SMILES string of the molecule is CCN(CC)S(=O)(=O)c1cc(NC(=O)c2cccc(NC(=O)c3cccnc3)c2)ccc1Cl. The molecule has 3 aromatic rings. The predicted octanol–water partition coefficient (Wildman–Crippen LogP) is 4.27. The van der Waals surface area contributed by atoms with Crippen LogP contribution in [0.1, 0.15) is 34.6 Å². The van der Waals surface area contributed by atoms with E-state index in [0.29, 0.717) is 24.3 Å². The van der Waals surface area contributed by atoms with Crippen LogP contribution in [0.3, 0.4) is 0 Å². The van der Waals surface area contributed by atoms with E-state index in [2.05, 4.69) is 15.6 Å². The summed E-state index contributed by atoms with van der Waals surface area (Å²) >= 11 is 6.15. The average molecular weight is 487 g/mol. The Bertz CT molecular complexity index is 1260. The third-order valence-corrected chi connectivity index (χ3v) is 7.35. The van der Waals surface area contributed by atoms with Gasteiger partial charge in [-0.3, -0.25) is 14.6 Å². The van der Waals surface area contributed by atoms with Crippen molar-refractivity contribution in [1.82, 2.24) is 9.29 Å². The molecule has 2 aromatic carbocycles. The summed E-state index contributed by atoms with van der Waals surface area (Å²) in [4.78, 5) is 28.9. The molecule has 172 valence electrons. The lowest BCUT2D eigenvalue weighted by Crippen LogP contribution is -2.30. The number of aromatic nitrogens is 1. The minimum atomic E-state index is -3.80. The van der Waals surface area contributed by atoms with Gasteiger partial charge in [-0.25, -0.2) is 8.42 Å². The summed E-state index contributed by atoms with van der Waals surface area (Å²) in [5, 5.41) is 5.47. The van der Waals surface area contributed by atoms with Crippen molar-refractivity contribution in [1.29, 1.82) is 0 Å². The van der Waals surface area contributed by atoms with Crippen molar-refractivity contribution in [3.05, 3.63) is 83.1 Å². The van der Waals surface area contributed by atoms with E-state index in [4.69, 9.17) is 11.6 Å². The molecule has 0 spiro atoms. The highest BCUT2D eigenvalue weighted by Crippen LogP contribution is 2.28. The van der Waals surface area contributed by atoms with Crippen molar-refractivity contribution in [2.24, 2.45) is 0 Å². The molecule has 0 saturated carbocycles. The van der Waals surface area contributed by atoms with Crippen LogP contribution < -0.4 is 10.6 Å². The zero-order valence-electron chi connectivity index (χ0n) is 18.1. The van der Waals surface area contributed by atoms with Gasteiger partial charge in [0, 0.05) is 42.4 Å². The Hall–Kier alpha value is -3.27. The van der Waals surface area contributed by atoms with E-state index in [1.807, 2.05) is 0 Å². The number of pyridine rings is 1. The van der Waals surface area contributed by atoms with Gasteiger partial charge in [-0.2, -0.15) is 4.31 Å². The third-order valence-electron chi connectivity index (χ3n) is 4.82. The van der Waals surface area contributed by atoms with E-state index in [0.717, 1.165) is 0 Å². The zero-order valence-corrected chi connectivity index (χ0v) is 19.7. The lowest BCUT2D eigenvalue weighted by Gasteiger charge is -2.19. The molecule has 0 bridgehead atoms. The van der Waals surface area contributed by atoms with Gasteiger partial charge in [0.2, 0.25) is 10.0 Å². The highest BCUT2D eigenvalue weighted by atomic mass is 35.5. The quantitative estimate of drug-likeness (QED) is 0.494. The fourth-order valence-corrected chi connectivity index (χ4v) is 5.08. The van der Waals surface area contributed by atoms with E-state index in [-0.39, 0.29) is 27.1 Å². The number of hydrogen-bond donors (Lipinski definition) is 2. The van der Waals surface area contributed by atoms with Crippen LogP contribution in [0.4, 0.5) is 11.4 Å². The summed E-state index contributed by atoms with van der Waals surface area (Å²) in [6.07, 6.45) is 3.01. The Kier molecular flexibility index (Phi) is 7.80. The molecule has 1 aromatic heterocycles. The Morgan fingerprint density at radius 3 is 2.18 bits per heavy atom. The molecular formula is C23H23ClN4O4S. The molecule has 0 aliphatic heterocycles. The predicted molar refractivity (Wildman–Crippen MR) is 128 cm³/mol. The van der Waals surface area contributed by atoms with Crippen LogP contribution >= 0.6 is 11.6 Å². The van der Waals surface area contributed by atoms with E-state index in [9.17, 15) is 18.0 Å². The molecule has 1 heterocycles. The van der Waals surface area contributed by atoms with Crippen LogP contribution in [-0.4, -0.2) is 42.6 Å². The van der Waals surface area contributed by atoms with Crippen molar-refractivity contribution < 1.29 is 18.0 Å². The van der Waals surface area contributed by atoms with Crippen LogP contribution in [0.5, 0.6) is 0 Å². The lowest BCUT2D eigenvalue weighted by atomic mass is 10.1. The highest BCUT2D eigenvalue weighted by molar-refractivity contribution is 7.89. The number of hydrogen-bond acceptors (Lipinski definition) is 5. The third kappa shape index (κ3) is 5.75. The lowest BCUT2D eigenvalue weighted by molar-refractivity contribution is 0.101. The molecule has 33 heavy (non-hydrogen) atoms. The molecule has 0 unspecified atom stereocenters. The number of rotatable bonds is 8. The number of carbonyl (C=O) groups is 2. The largest absolute Gasteiger partial charge is 0.322 e. The van der Waals surface area contributed by atoms with Crippen LogP contribution in [0.2, 0.25) is 5.02 Å². The normalized spacial score (nSPS) is 11.3. The van der Waals surface area contributed by atoms with Gasteiger partial charge < -0.3 is 10.6 Å². The van der Waals surface area contributed by atoms with E-state index in [1.165, 1.54) is 34.8 Å². The van der Waals surface area contributed by atoms with Crippen LogP contribution in [0, 0.1) is 0 Å². The highest BCUT2D eigenvalue weighted by Gasteiger charge is 2.25. The van der Waals surface area contributed by atoms with Gasteiger partial charge in [-0.1, -0.05) is 31.5 Å². The fourth-order valence-electron chi connectivity index (χ4n) is 3.12. The number of nitrogens with zero attached hydrogens (tertiary/aromatic N) is 2. The van der Waals surface area contributed by atoms with Gasteiger partial charge in [0.15, 0.2) is 0 Å². The second kappa shape index (κ2) is 10.6. The number of amides is 2.